The van der Waals surface area contributed by atoms with Gasteiger partial charge in [-0.3, -0.25) is 4.79 Å². The summed E-state index contributed by atoms with van der Waals surface area (Å²) in [7, 11) is 0. The Morgan fingerprint density at radius 3 is 2.79 bits per heavy atom. The normalized spacial score (nSPS) is 10.8. The van der Waals surface area contributed by atoms with Gasteiger partial charge >= 0.3 is 0 Å². The van der Waals surface area contributed by atoms with Crippen LogP contribution in [-0.2, 0) is 6.54 Å². The molecule has 2 heterocycles. The summed E-state index contributed by atoms with van der Waals surface area (Å²) in [5.41, 5.74) is 0.973. The van der Waals surface area contributed by atoms with Crippen LogP contribution in [0.25, 0.3) is 4.96 Å². The highest BCUT2D eigenvalue weighted by atomic mass is 79.9. The molecule has 5 nitrogen and oxygen atoms in total. The number of rotatable bonds is 3. The lowest BCUT2D eigenvalue weighted by molar-refractivity contribution is 0.895. The number of hydrogen-bond donors (Lipinski definition) is 1. The van der Waals surface area contributed by atoms with Crippen molar-refractivity contribution in [1.82, 2.24) is 14.6 Å². The third kappa shape index (κ3) is 2.66. The summed E-state index contributed by atoms with van der Waals surface area (Å²) in [5.74, 6) is 0. The fraction of sp³-hybridized carbons (Fsp3) is 0.0833. The Morgan fingerprint density at radius 1 is 1.26 bits per heavy atom. The summed E-state index contributed by atoms with van der Waals surface area (Å²) in [6.07, 6.45) is 1.49. The van der Waals surface area contributed by atoms with E-state index in [1.165, 1.54) is 28.1 Å². The Morgan fingerprint density at radius 2 is 2.05 bits per heavy atom. The molecule has 0 aliphatic heterocycles. The van der Waals surface area contributed by atoms with E-state index in [0.29, 0.717) is 16.6 Å². The number of anilines is 1. The minimum Gasteiger partial charge on any atom is -0.356 e. The second-order valence-corrected chi connectivity index (χ2v) is 5.74. The van der Waals surface area contributed by atoms with Crippen molar-refractivity contribution in [2.24, 2.45) is 0 Å². The maximum Gasteiger partial charge on any atom is 0.275 e. The predicted octanol–water partition coefficient (Wildman–Crippen LogP) is 2.53. The average Bonchev–Trinajstić information content (AvgIpc) is 2.83. The number of halogens is 1. The maximum absolute atomic E-state index is 11.5. The molecule has 7 heteroatoms. The Hall–Kier alpha value is -1.73. The Bertz CT molecular complexity index is 765. The molecule has 2 aromatic heterocycles. The first kappa shape index (κ1) is 12.3. The highest BCUT2D eigenvalue weighted by Crippen LogP contribution is 2.17. The lowest BCUT2D eigenvalue weighted by atomic mass is 10.2. The van der Waals surface area contributed by atoms with E-state index in [9.17, 15) is 4.79 Å². The lowest BCUT2D eigenvalue weighted by Gasteiger charge is -2.01. The lowest BCUT2D eigenvalue weighted by Crippen LogP contribution is -2.12. The van der Waals surface area contributed by atoms with Crippen molar-refractivity contribution >= 4 is 37.4 Å². The maximum atomic E-state index is 11.5. The van der Waals surface area contributed by atoms with E-state index in [2.05, 4.69) is 31.3 Å². The van der Waals surface area contributed by atoms with Crippen LogP contribution in [0, 0.1) is 0 Å². The van der Waals surface area contributed by atoms with Crippen LogP contribution in [-0.4, -0.2) is 14.6 Å². The Kier molecular flexibility index (Phi) is 3.31. The Balaban J connectivity index is 1.80. The molecule has 0 fully saturated rings. The van der Waals surface area contributed by atoms with Crippen molar-refractivity contribution in [2.45, 2.75) is 6.54 Å². The van der Waals surface area contributed by atoms with Gasteiger partial charge in [0, 0.05) is 23.3 Å². The molecular formula is C12H9BrN4OS. The van der Waals surface area contributed by atoms with Gasteiger partial charge in [-0.05, 0) is 17.7 Å². The molecule has 0 atom stereocenters. The topological polar surface area (TPSA) is 59.3 Å². The van der Waals surface area contributed by atoms with E-state index in [1.807, 2.05) is 24.3 Å². The van der Waals surface area contributed by atoms with Gasteiger partial charge in [0.2, 0.25) is 10.1 Å². The molecule has 0 saturated heterocycles. The molecule has 19 heavy (non-hydrogen) atoms. The van der Waals surface area contributed by atoms with Crippen LogP contribution in [0.4, 0.5) is 5.13 Å². The molecule has 96 valence electrons. The molecule has 0 unspecified atom stereocenters. The summed E-state index contributed by atoms with van der Waals surface area (Å²) in [5, 5.41) is 8.05. The molecule has 0 spiro atoms. The Labute approximate surface area is 121 Å². The second-order valence-electron chi connectivity index (χ2n) is 3.86. The van der Waals surface area contributed by atoms with Gasteiger partial charge in [-0.15, -0.1) is 5.10 Å². The summed E-state index contributed by atoms with van der Waals surface area (Å²) < 4.78 is 2.35. The molecule has 0 radical (unpaired) electrons. The minimum absolute atomic E-state index is 0.169. The first-order valence-electron chi connectivity index (χ1n) is 5.55. The quantitative estimate of drug-likeness (QED) is 0.798. The molecule has 1 aromatic carbocycles. The van der Waals surface area contributed by atoms with Gasteiger partial charge in [-0.25, -0.2) is 4.98 Å². The first-order chi connectivity index (χ1) is 9.22. The molecule has 1 N–H and O–H groups in total. The molecule has 0 bridgehead atoms. The smallest absolute Gasteiger partial charge is 0.275 e. The van der Waals surface area contributed by atoms with Crippen LogP contribution in [0.1, 0.15) is 5.56 Å². The highest BCUT2D eigenvalue weighted by molar-refractivity contribution is 9.10. The molecule has 3 aromatic rings. The minimum atomic E-state index is -0.169. The third-order valence-electron chi connectivity index (χ3n) is 2.53. The van der Waals surface area contributed by atoms with E-state index in [1.54, 1.807) is 0 Å². The van der Waals surface area contributed by atoms with Crippen molar-refractivity contribution in [3.05, 3.63) is 56.9 Å². The van der Waals surface area contributed by atoms with Crippen LogP contribution < -0.4 is 10.9 Å². The van der Waals surface area contributed by atoms with Crippen molar-refractivity contribution in [3.63, 3.8) is 0 Å². The van der Waals surface area contributed by atoms with E-state index < -0.39 is 0 Å². The number of nitrogens with one attached hydrogen (secondary N) is 1. The number of aromatic nitrogens is 3. The summed E-state index contributed by atoms with van der Waals surface area (Å²) in [6, 6.07) is 9.41. The number of hydrogen-bond acceptors (Lipinski definition) is 5. The number of benzene rings is 1. The van der Waals surface area contributed by atoms with Gasteiger partial charge in [0.05, 0.1) is 0 Å². The fourth-order valence-corrected chi connectivity index (χ4v) is 2.63. The van der Waals surface area contributed by atoms with Gasteiger partial charge in [0.1, 0.15) is 0 Å². The molecule has 0 saturated carbocycles. The largest absolute Gasteiger partial charge is 0.356 e. The van der Waals surface area contributed by atoms with Gasteiger partial charge in [-0.2, -0.15) is 4.52 Å². The van der Waals surface area contributed by atoms with Crippen molar-refractivity contribution in [1.29, 1.82) is 0 Å². The zero-order chi connectivity index (χ0) is 13.2. The van der Waals surface area contributed by atoms with Gasteiger partial charge in [-0.1, -0.05) is 39.4 Å². The first-order valence-corrected chi connectivity index (χ1v) is 7.16. The third-order valence-corrected chi connectivity index (χ3v) is 3.94. The summed E-state index contributed by atoms with van der Waals surface area (Å²) in [6.45, 7) is 0.655. The van der Waals surface area contributed by atoms with E-state index in [-0.39, 0.29) is 5.56 Å². The van der Waals surface area contributed by atoms with E-state index in [4.69, 9.17) is 0 Å². The zero-order valence-corrected chi connectivity index (χ0v) is 12.1. The number of nitrogens with zero attached hydrogens (tertiary/aromatic N) is 3. The van der Waals surface area contributed by atoms with Crippen LogP contribution in [0.3, 0.4) is 0 Å². The van der Waals surface area contributed by atoms with Crippen LogP contribution in [0.15, 0.2) is 45.8 Å². The van der Waals surface area contributed by atoms with Crippen LogP contribution >= 0.6 is 27.3 Å². The zero-order valence-electron chi connectivity index (χ0n) is 9.71. The molecule has 0 aliphatic carbocycles. The molecule has 3 rings (SSSR count). The van der Waals surface area contributed by atoms with Crippen molar-refractivity contribution in [3.8, 4) is 0 Å². The van der Waals surface area contributed by atoms with Crippen molar-refractivity contribution < 1.29 is 0 Å². The van der Waals surface area contributed by atoms with E-state index >= 15 is 0 Å². The molecular weight excluding hydrogens is 328 g/mol. The number of fused-ring (bicyclic) bond motifs is 1. The highest BCUT2D eigenvalue weighted by Gasteiger charge is 2.05. The van der Waals surface area contributed by atoms with Gasteiger partial charge < -0.3 is 5.32 Å². The second kappa shape index (κ2) is 5.10. The standard InChI is InChI=1S/C12H9BrN4OS/c13-9-3-1-8(2-4-9)7-15-11-16-17-10(18)5-6-14-12(17)19-11/h1-6H,7H2,(H,15,16). The monoisotopic (exact) mass is 336 g/mol. The van der Waals surface area contributed by atoms with Gasteiger partial charge in [0.25, 0.3) is 5.56 Å². The predicted molar refractivity (Wildman–Crippen MR) is 78.6 cm³/mol. The fourth-order valence-electron chi connectivity index (χ4n) is 1.60. The molecule has 0 amide bonds. The van der Waals surface area contributed by atoms with Crippen LogP contribution in [0.2, 0.25) is 0 Å². The summed E-state index contributed by atoms with van der Waals surface area (Å²) in [4.78, 5) is 16.2. The van der Waals surface area contributed by atoms with E-state index in [0.717, 1.165) is 10.0 Å². The van der Waals surface area contributed by atoms with Crippen LogP contribution in [0.5, 0.6) is 0 Å². The average molecular weight is 337 g/mol. The van der Waals surface area contributed by atoms with Crippen molar-refractivity contribution in [2.75, 3.05) is 5.32 Å². The van der Waals surface area contributed by atoms with Gasteiger partial charge in [0.15, 0.2) is 0 Å². The summed E-state index contributed by atoms with van der Waals surface area (Å²) >= 11 is 4.75. The molecule has 0 aliphatic rings. The SMILES string of the molecule is O=c1ccnc2sc(NCc3ccc(Br)cc3)nn12.